The van der Waals surface area contributed by atoms with Crippen LogP contribution in [0.3, 0.4) is 0 Å². The van der Waals surface area contributed by atoms with Crippen molar-refractivity contribution >= 4 is 22.6 Å². The number of ether oxygens (including phenoxy) is 1. The molecule has 2 aromatic heterocycles. The molecule has 1 saturated carbocycles. The molecule has 0 bridgehead atoms. The summed E-state index contributed by atoms with van der Waals surface area (Å²) in [7, 11) is 0. The van der Waals surface area contributed by atoms with Crippen LogP contribution >= 0.6 is 0 Å². The van der Waals surface area contributed by atoms with E-state index in [-0.39, 0.29) is 24.1 Å². The molecule has 27 heavy (non-hydrogen) atoms. The number of carbonyl (C=O) groups excluding carboxylic acids is 1. The third-order valence-corrected chi connectivity index (χ3v) is 5.21. The van der Waals surface area contributed by atoms with E-state index < -0.39 is 12.3 Å². The SMILES string of the molecule is C#CC[C@@H](CO)O[C@H](C)n1cc(C(=O)C2CCCCC2)c2c(N)ncnc21. The highest BCUT2D eigenvalue weighted by molar-refractivity contribution is 6.11. The number of carbonyl (C=O) groups is 1. The summed E-state index contributed by atoms with van der Waals surface area (Å²) >= 11 is 0. The summed E-state index contributed by atoms with van der Waals surface area (Å²) in [5.74, 6) is 2.89. The standard InChI is InChI=1S/C20H26N4O3/c1-3-7-15(11-25)27-13(2)24-10-16(17-19(21)22-12-23-20(17)24)18(26)14-8-5-4-6-9-14/h1,10,12-15,25H,4-9,11H2,2H3,(H2,21,22,23)/t13-,15+/m1/s1. The molecular weight excluding hydrogens is 344 g/mol. The third kappa shape index (κ3) is 3.97. The molecule has 2 aromatic rings. The Morgan fingerprint density at radius 3 is 2.85 bits per heavy atom. The van der Waals surface area contributed by atoms with Crippen LogP contribution in [0.2, 0.25) is 0 Å². The van der Waals surface area contributed by atoms with E-state index in [9.17, 15) is 9.90 Å². The minimum atomic E-state index is -0.487. The van der Waals surface area contributed by atoms with Crippen LogP contribution in [-0.4, -0.2) is 38.1 Å². The maximum Gasteiger partial charge on any atom is 0.168 e. The monoisotopic (exact) mass is 370 g/mol. The summed E-state index contributed by atoms with van der Waals surface area (Å²) in [6.07, 6.45) is 12.9. The molecule has 0 spiro atoms. The van der Waals surface area contributed by atoms with Crippen LogP contribution < -0.4 is 5.73 Å². The van der Waals surface area contributed by atoms with Gasteiger partial charge in [0.25, 0.3) is 0 Å². The Bertz CT molecular complexity index is 849. The first-order valence-corrected chi connectivity index (χ1v) is 9.41. The highest BCUT2D eigenvalue weighted by Crippen LogP contribution is 2.33. The lowest BCUT2D eigenvalue weighted by molar-refractivity contribution is -0.0605. The van der Waals surface area contributed by atoms with Gasteiger partial charge in [-0.2, -0.15) is 0 Å². The fourth-order valence-corrected chi connectivity index (χ4v) is 3.79. The number of aliphatic hydroxyl groups is 1. The van der Waals surface area contributed by atoms with E-state index in [4.69, 9.17) is 16.9 Å². The minimum Gasteiger partial charge on any atom is -0.394 e. The number of hydrogen-bond acceptors (Lipinski definition) is 6. The zero-order valence-corrected chi connectivity index (χ0v) is 15.6. The van der Waals surface area contributed by atoms with Gasteiger partial charge < -0.3 is 20.1 Å². The molecule has 2 heterocycles. The van der Waals surface area contributed by atoms with Crippen LogP contribution in [0.25, 0.3) is 11.0 Å². The average Bonchev–Trinajstić information content (AvgIpc) is 3.09. The molecule has 0 radical (unpaired) electrons. The summed E-state index contributed by atoms with van der Waals surface area (Å²) < 4.78 is 7.64. The minimum absolute atomic E-state index is 0.0141. The summed E-state index contributed by atoms with van der Waals surface area (Å²) in [6.45, 7) is 1.64. The highest BCUT2D eigenvalue weighted by Gasteiger charge is 2.28. The fraction of sp³-hybridized carbons (Fsp3) is 0.550. The Labute approximate surface area is 158 Å². The van der Waals surface area contributed by atoms with Gasteiger partial charge >= 0.3 is 0 Å². The predicted octanol–water partition coefficient (Wildman–Crippen LogP) is 2.70. The van der Waals surface area contributed by atoms with Crippen LogP contribution in [0.15, 0.2) is 12.5 Å². The lowest BCUT2D eigenvalue weighted by atomic mass is 9.84. The first kappa shape index (κ1) is 19.3. The molecule has 0 saturated heterocycles. The van der Waals surface area contributed by atoms with Crippen molar-refractivity contribution in [2.24, 2.45) is 5.92 Å². The number of Topliss-reactive ketones (excluding diaryl/α,β-unsaturated/α-hetero) is 1. The Hall–Kier alpha value is -2.43. The van der Waals surface area contributed by atoms with Gasteiger partial charge in [-0.25, -0.2) is 9.97 Å². The maximum absolute atomic E-state index is 13.2. The molecule has 144 valence electrons. The van der Waals surface area contributed by atoms with E-state index in [1.807, 2.05) is 6.92 Å². The van der Waals surface area contributed by atoms with Crippen molar-refractivity contribution < 1.29 is 14.6 Å². The number of aliphatic hydroxyl groups excluding tert-OH is 1. The second kappa shape index (κ2) is 8.51. The zero-order chi connectivity index (χ0) is 19.4. The molecule has 0 unspecified atom stereocenters. The largest absolute Gasteiger partial charge is 0.394 e. The van der Waals surface area contributed by atoms with E-state index in [0.717, 1.165) is 25.7 Å². The van der Waals surface area contributed by atoms with E-state index >= 15 is 0 Å². The van der Waals surface area contributed by atoms with Gasteiger partial charge in [-0.3, -0.25) is 4.79 Å². The quantitative estimate of drug-likeness (QED) is 0.574. The van der Waals surface area contributed by atoms with Gasteiger partial charge in [0.1, 0.15) is 24.0 Å². The molecular formula is C20H26N4O3. The van der Waals surface area contributed by atoms with E-state index in [1.54, 1.807) is 10.8 Å². The summed E-state index contributed by atoms with van der Waals surface area (Å²) in [5, 5.41) is 10.0. The number of anilines is 1. The number of nitrogen functional groups attached to an aromatic ring is 1. The van der Waals surface area contributed by atoms with Crippen molar-refractivity contribution in [1.29, 1.82) is 0 Å². The number of nitrogens with zero attached hydrogens (tertiary/aromatic N) is 3. The summed E-state index contributed by atoms with van der Waals surface area (Å²) in [6, 6.07) is 0. The number of aromatic nitrogens is 3. The van der Waals surface area contributed by atoms with Crippen LogP contribution in [-0.2, 0) is 4.74 Å². The number of ketones is 1. The fourth-order valence-electron chi connectivity index (χ4n) is 3.79. The highest BCUT2D eigenvalue weighted by atomic mass is 16.5. The van der Waals surface area contributed by atoms with E-state index in [0.29, 0.717) is 23.0 Å². The molecule has 0 aromatic carbocycles. The number of rotatable bonds is 7. The van der Waals surface area contributed by atoms with Gasteiger partial charge in [0.15, 0.2) is 5.78 Å². The summed E-state index contributed by atoms with van der Waals surface area (Å²) in [5.41, 5.74) is 7.18. The molecule has 2 atom stereocenters. The molecule has 3 rings (SSSR count). The Kier molecular flexibility index (Phi) is 6.09. The van der Waals surface area contributed by atoms with Gasteiger partial charge in [-0.1, -0.05) is 19.3 Å². The van der Waals surface area contributed by atoms with Gasteiger partial charge in [0.05, 0.1) is 18.1 Å². The predicted molar refractivity (Wildman–Crippen MR) is 103 cm³/mol. The van der Waals surface area contributed by atoms with Crippen molar-refractivity contribution in [1.82, 2.24) is 14.5 Å². The Morgan fingerprint density at radius 2 is 2.19 bits per heavy atom. The van der Waals surface area contributed by atoms with Crippen molar-refractivity contribution in [3.8, 4) is 12.3 Å². The number of nitrogens with two attached hydrogens (primary N) is 1. The molecule has 7 heteroatoms. The van der Waals surface area contributed by atoms with E-state index in [1.165, 1.54) is 12.7 Å². The molecule has 1 aliphatic carbocycles. The van der Waals surface area contributed by atoms with Gasteiger partial charge in [0.2, 0.25) is 0 Å². The lowest BCUT2D eigenvalue weighted by Crippen LogP contribution is -2.22. The molecule has 3 N–H and O–H groups in total. The second-order valence-corrected chi connectivity index (χ2v) is 7.05. The molecule has 1 fully saturated rings. The first-order valence-electron chi connectivity index (χ1n) is 9.41. The third-order valence-electron chi connectivity index (χ3n) is 5.21. The first-order chi connectivity index (χ1) is 13.1. The lowest BCUT2D eigenvalue weighted by Gasteiger charge is -2.21. The Morgan fingerprint density at radius 1 is 1.44 bits per heavy atom. The van der Waals surface area contributed by atoms with Crippen molar-refractivity contribution in [3.63, 3.8) is 0 Å². The molecule has 0 aliphatic heterocycles. The van der Waals surface area contributed by atoms with Crippen LogP contribution in [0.5, 0.6) is 0 Å². The van der Waals surface area contributed by atoms with Crippen molar-refractivity contribution in [3.05, 3.63) is 18.1 Å². The average molecular weight is 370 g/mol. The van der Waals surface area contributed by atoms with Crippen LogP contribution in [0.1, 0.15) is 62.0 Å². The second-order valence-electron chi connectivity index (χ2n) is 7.05. The number of fused-ring (bicyclic) bond motifs is 1. The van der Waals surface area contributed by atoms with Crippen LogP contribution in [0.4, 0.5) is 5.82 Å². The van der Waals surface area contributed by atoms with Crippen LogP contribution in [0, 0.1) is 18.3 Å². The smallest absolute Gasteiger partial charge is 0.168 e. The topological polar surface area (TPSA) is 103 Å². The zero-order valence-electron chi connectivity index (χ0n) is 15.6. The maximum atomic E-state index is 13.2. The molecule has 7 nitrogen and oxygen atoms in total. The van der Waals surface area contributed by atoms with Gasteiger partial charge in [-0.05, 0) is 19.8 Å². The van der Waals surface area contributed by atoms with E-state index in [2.05, 4.69) is 15.9 Å². The van der Waals surface area contributed by atoms with Gasteiger partial charge in [0, 0.05) is 24.1 Å². The number of terminal acetylenes is 1. The summed E-state index contributed by atoms with van der Waals surface area (Å²) in [4.78, 5) is 21.5. The van der Waals surface area contributed by atoms with Crippen molar-refractivity contribution in [2.75, 3.05) is 12.3 Å². The normalized spacial score (nSPS) is 17.5. The van der Waals surface area contributed by atoms with Gasteiger partial charge in [-0.15, -0.1) is 12.3 Å². The number of hydrogen-bond donors (Lipinski definition) is 2. The molecule has 1 aliphatic rings. The molecule has 0 amide bonds. The Balaban J connectivity index is 1.98. The van der Waals surface area contributed by atoms with Crippen molar-refractivity contribution in [2.45, 2.75) is 57.8 Å².